The van der Waals surface area contributed by atoms with Gasteiger partial charge >= 0.3 is 0 Å². The van der Waals surface area contributed by atoms with Gasteiger partial charge in [0.2, 0.25) is 11.8 Å². The van der Waals surface area contributed by atoms with E-state index >= 15 is 0 Å². The van der Waals surface area contributed by atoms with Crippen molar-refractivity contribution in [1.29, 1.82) is 0 Å². The van der Waals surface area contributed by atoms with Crippen LogP contribution in [0.5, 0.6) is 5.75 Å². The Bertz CT molecular complexity index is 2300. The molecule has 0 bridgehead atoms. The molecule has 3 saturated heterocycles. The SMILES string of the molecule is COc1cc(N2CCC(N3CCN(CCCc4cccc5c4CN(C4CCC(=O)NC4=O)C5=O)CC3)CC2)ccc1Cc1ncc(Cl)c(Cc2ccccc2P(C)(C)=O)n1. The number of methoxy groups -OCH3 is 1. The zero-order chi connectivity index (χ0) is 42.0. The van der Waals surface area contributed by atoms with E-state index in [4.69, 9.17) is 21.3 Å². The summed E-state index contributed by atoms with van der Waals surface area (Å²) in [6, 6.07) is 20.1. The minimum atomic E-state index is -2.47. The normalized spacial score (nSPS) is 19.5. The molecule has 4 aliphatic rings. The molecule has 5 heterocycles. The Labute approximate surface area is 358 Å². The van der Waals surface area contributed by atoms with Gasteiger partial charge in [0, 0.05) is 105 Å². The highest BCUT2D eigenvalue weighted by Gasteiger charge is 2.40. The van der Waals surface area contributed by atoms with Gasteiger partial charge in [-0.15, -0.1) is 0 Å². The maximum atomic E-state index is 13.3. The van der Waals surface area contributed by atoms with Gasteiger partial charge in [-0.05, 0) is 80.8 Å². The van der Waals surface area contributed by atoms with E-state index in [1.165, 1.54) is 5.56 Å². The van der Waals surface area contributed by atoms with E-state index in [2.05, 4.69) is 49.3 Å². The summed E-state index contributed by atoms with van der Waals surface area (Å²) in [4.78, 5) is 56.2. The predicted molar refractivity (Wildman–Crippen MR) is 235 cm³/mol. The average molecular weight is 852 g/mol. The number of rotatable bonds is 13. The van der Waals surface area contributed by atoms with Crippen LogP contribution < -0.4 is 20.3 Å². The van der Waals surface area contributed by atoms with Crippen LogP contribution >= 0.6 is 18.7 Å². The number of carbonyl (C=O) groups is 3. The van der Waals surface area contributed by atoms with Crippen LogP contribution in [0.1, 0.15) is 76.2 Å². The van der Waals surface area contributed by atoms with Gasteiger partial charge in [-0.25, -0.2) is 9.97 Å². The summed E-state index contributed by atoms with van der Waals surface area (Å²) in [6.45, 7) is 11.3. The molecule has 1 atom stereocenters. The lowest BCUT2D eigenvalue weighted by atomic mass is 9.99. The third-order valence-electron chi connectivity index (χ3n) is 12.8. The first-order valence-electron chi connectivity index (χ1n) is 21.2. The van der Waals surface area contributed by atoms with Crippen molar-refractivity contribution in [3.63, 3.8) is 0 Å². The largest absolute Gasteiger partial charge is 0.496 e. The third-order valence-corrected chi connectivity index (χ3v) is 14.7. The van der Waals surface area contributed by atoms with E-state index in [0.717, 1.165) is 111 Å². The lowest BCUT2D eigenvalue weighted by Gasteiger charge is -2.43. The molecule has 1 N–H and O–H groups in total. The van der Waals surface area contributed by atoms with Crippen LogP contribution in [0.25, 0.3) is 0 Å². The number of hydrogen-bond donors (Lipinski definition) is 1. The molecule has 4 aromatic rings. The Balaban J connectivity index is 0.799. The van der Waals surface area contributed by atoms with E-state index in [1.54, 1.807) is 31.5 Å². The second kappa shape index (κ2) is 18.2. The van der Waals surface area contributed by atoms with E-state index < -0.39 is 13.2 Å². The first-order chi connectivity index (χ1) is 28.9. The van der Waals surface area contributed by atoms with Crippen LogP contribution in [0.2, 0.25) is 5.02 Å². The Morgan fingerprint density at radius 2 is 1.65 bits per heavy atom. The lowest BCUT2D eigenvalue weighted by Crippen LogP contribution is -2.53. The molecule has 0 aliphatic carbocycles. The molecule has 12 nitrogen and oxygen atoms in total. The van der Waals surface area contributed by atoms with Crippen LogP contribution in [-0.4, -0.2) is 121 Å². The summed E-state index contributed by atoms with van der Waals surface area (Å²) in [6.07, 6.45) is 7.42. The van der Waals surface area contributed by atoms with Crippen LogP contribution in [0.15, 0.2) is 66.9 Å². The summed E-state index contributed by atoms with van der Waals surface area (Å²) < 4.78 is 18.9. The molecule has 1 unspecified atom stereocenters. The average Bonchev–Trinajstić information content (AvgIpc) is 3.58. The maximum absolute atomic E-state index is 13.3. The van der Waals surface area contributed by atoms with Crippen molar-refractivity contribution in [3.05, 3.63) is 111 Å². The van der Waals surface area contributed by atoms with Gasteiger partial charge in [-0.1, -0.05) is 54.1 Å². The number of fused-ring (bicyclic) bond motifs is 1. The van der Waals surface area contributed by atoms with Crippen LogP contribution in [0.4, 0.5) is 5.69 Å². The summed E-state index contributed by atoms with van der Waals surface area (Å²) in [7, 11) is -0.758. The molecule has 8 rings (SSSR count). The number of ether oxygens (including phenoxy) is 1. The Kier molecular flexibility index (Phi) is 12.7. The fraction of sp³-hybridized carbons (Fsp3) is 0.457. The molecule has 0 spiro atoms. The Hall–Kier alpha value is -4.61. The number of nitrogens with zero attached hydrogens (tertiary/aromatic N) is 6. The van der Waals surface area contributed by atoms with Gasteiger partial charge in [0.15, 0.2) is 0 Å². The summed E-state index contributed by atoms with van der Waals surface area (Å²) in [5.41, 5.74) is 6.75. The molecule has 316 valence electrons. The van der Waals surface area contributed by atoms with Crippen molar-refractivity contribution >= 4 is 47.5 Å². The van der Waals surface area contributed by atoms with E-state index in [1.807, 2.05) is 36.4 Å². The van der Waals surface area contributed by atoms with Crippen molar-refractivity contribution in [3.8, 4) is 5.75 Å². The highest BCUT2D eigenvalue weighted by Crippen LogP contribution is 2.37. The van der Waals surface area contributed by atoms with E-state index in [9.17, 15) is 18.9 Å². The minimum Gasteiger partial charge on any atom is -0.496 e. The Morgan fingerprint density at radius 1 is 0.883 bits per heavy atom. The molecule has 3 amide bonds. The van der Waals surface area contributed by atoms with Gasteiger partial charge in [0.05, 0.1) is 17.8 Å². The number of hydrogen-bond acceptors (Lipinski definition) is 10. The van der Waals surface area contributed by atoms with Crippen LogP contribution in [-0.2, 0) is 40.0 Å². The first-order valence-corrected chi connectivity index (χ1v) is 24.2. The number of nitrogens with one attached hydrogen (secondary N) is 1. The number of imide groups is 1. The number of piperidine rings is 2. The summed E-state index contributed by atoms with van der Waals surface area (Å²) in [5.74, 6) is 0.720. The van der Waals surface area contributed by atoms with Crippen molar-refractivity contribution < 1.29 is 23.7 Å². The van der Waals surface area contributed by atoms with Crippen LogP contribution in [0.3, 0.4) is 0 Å². The molecular weight excluding hydrogens is 797 g/mol. The molecule has 0 saturated carbocycles. The zero-order valence-corrected chi connectivity index (χ0v) is 36.5. The van der Waals surface area contributed by atoms with Gasteiger partial charge < -0.3 is 24.0 Å². The fourth-order valence-corrected chi connectivity index (χ4v) is 10.9. The smallest absolute Gasteiger partial charge is 0.255 e. The second-order valence-corrected chi connectivity index (χ2v) is 20.5. The van der Waals surface area contributed by atoms with Crippen molar-refractivity contribution in [2.45, 2.75) is 70.0 Å². The van der Waals surface area contributed by atoms with Gasteiger partial charge in [-0.2, -0.15) is 0 Å². The fourth-order valence-electron chi connectivity index (χ4n) is 9.48. The number of halogens is 1. The monoisotopic (exact) mass is 851 g/mol. The Morgan fingerprint density at radius 3 is 2.40 bits per heavy atom. The minimum absolute atomic E-state index is 0.112. The lowest BCUT2D eigenvalue weighted by molar-refractivity contribution is -0.136. The first kappa shape index (κ1) is 42.1. The number of piperazine rings is 1. The number of carbonyl (C=O) groups excluding carboxylic acids is 3. The topological polar surface area (TPSA) is 128 Å². The van der Waals surface area contributed by atoms with E-state index in [-0.39, 0.29) is 24.1 Å². The van der Waals surface area contributed by atoms with Gasteiger partial charge in [0.1, 0.15) is 24.8 Å². The molecule has 3 aromatic carbocycles. The highest BCUT2D eigenvalue weighted by atomic mass is 35.5. The molecule has 60 heavy (non-hydrogen) atoms. The number of aromatic nitrogens is 2. The molecule has 0 radical (unpaired) electrons. The molecule has 4 aliphatic heterocycles. The maximum Gasteiger partial charge on any atom is 0.255 e. The molecular formula is C46H55ClN7O5P. The molecule has 3 fully saturated rings. The van der Waals surface area contributed by atoms with Crippen molar-refractivity contribution in [1.82, 2.24) is 30.0 Å². The van der Waals surface area contributed by atoms with Crippen LogP contribution in [0, 0.1) is 0 Å². The number of benzene rings is 3. The van der Waals surface area contributed by atoms with Gasteiger partial charge in [-0.3, -0.25) is 24.6 Å². The number of aryl methyl sites for hydroxylation is 1. The molecule has 1 aromatic heterocycles. The van der Waals surface area contributed by atoms with Crippen molar-refractivity contribution in [2.75, 3.05) is 71.2 Å². The van der Waals surface area contributed by atoms with Gasteiger partial charge in [0.25, 0.3) is 5.91 Å². The summed E-state index contributed by atoms with van der Waals surface area (Å²) >= 11 is 6.58. The zero-order valence-electron chi connectivity index (χ0n) is 34.9. The van der Waals surface area contributed by atoms with E-state index in [0.29, 0.717) is 48.3 Å². The predicted octanol–water partition coefficient (Wildman–Crippen LogP) is 5.55. The highest BCUT2D eigenvalue weighted by molar-refractivity contribution is 7.70. The standard InChI is InChI=1S/C46H55ClN7O5P/c1-59-41-28-35(14-13-32(41)27-43-48-29-38(47)39(49-43)26-33-8-4-5-12-42(33)60(2,3)58)52-20-17-34(18-21-52)53-24-22-51(23-25-53)19-7-10-31-9-6-11-36-37(31)30-54(46(36)57)40-15-16-44(55)50-45(40)56/h4-6,8-9,11-14,28-29,34,40H,7,10,15-27,30H2,1-3H3,(H,50,55,56). The molecule has 14 heteroatoms. The quantitative estimate of drug-likeness (QED) is 0.135. The van der Waals surface area contributed by atoms with Crippen molar-refractivity contribution in [2.24, 2.45) is 0 Å². The number of amides is 3. The second-order valence-electron chi connectivity index (χ2n) is 17.0. The summed E-state index contributed by atoms with van der Waals surface area (Å²) in [5, 5.41) is 3.74. The third kappa shape index (κ3) is 9.32. The number of anilines is 1.